The zero-order valence-electron chi connectivity index (χ0n) is 18.2. The van der Waals surface area contributed by atoms with Gasteiger partial charge in [0, 0.05) is 35.8 Å². The third-order valence-electron chi connectivity index (χ3n) is 5.15. The number of benzene rings is 1. The topological polar surface area (TPSA) is 51.1 Å². The van der Waals surface area contributed by atoms with E-state index in [4.69, 9.17) is 16.3 Å². The predicted molar refractivity (Wildman–Crippen MR) is 125 cm³/mol. The molecule has 5 nitrogen and oxygen atoms in total. The quantitative estimate of drug-likeness (QED) is 0.448. The lowest BCUT2D eigenvalue weighted by atomic mass is 10.1. The average molecular weight is 451 g/mol. The predicted octanol–water partition coefficient (Wildman–Crippen LogP) is 6.19. The number of ether oxygens (including phenoxy) is 1. The first-order valence-electron chi connectivity index (χ1n) is 10.4. The summed E-state index contributed by atoms with van der Waals surface area (Å²) in [7, 11) is 0. The number of hydrogen-bond donors (Lipinski definition) is 0. The van der Waals surface area contributed by atoms with Crippen molar-refractivity contribution in [3.05, 3.63) is 94.6 Å². The highest BCUT2D eigenvalue weighted by molar-refractivity contribution is 6.30. The second-order valence-electron chi connectivity index (χ2n) is 7.91. The first-order valence-corrected chi connectivity index (χ1v) is 10.8. The lowest BCUT2D eigenvalue weighted by Crippen LogP contribution is -2.26. The lowest BCUT2D eigenvalue weighted by Gasteiger charge is -2.30. The number of halogens is 2. The molecule has 0 saturated heterocycles. The minimum atomic E-state index is -0.269. The van der Waals surface area contributed by atoms with Gasteiger partial charge in [-0.25, -0.2) is 14.4 Å². The molecule has 7 heteroatoms. The zero-order chi connectivity index (χ0) is 22.7. The van der Waals surface area contributed by atoms with Crippen LogP contribution >= 0.6 is 11.6 Å². The van der Waals surface area contributed by atoms with Gasteiger partial charge in [0.05, 0.1) is 23.0 Å². The van der Waals surface area contributed by atoms with Gasteiger partial charge in [-0.1, -0.05) is 37.6 Å². The van der Waals surface area contributed by atoms with Crippen molar-refractivity contribution in [2.75, 3.05) is 11.4 Å². The molecule has 3 aromatic rings. The normalized spacial score (nSPS) is 14.1. The van der Waals surface area contributed by atoms with Crippen LogP contribution in [0.3, 0.4) is 0 Å². The SMILES string of the molecule is CC1=CC(OCc2ccc(F)cc2)=C(Cl)CN1c1ccnc(-c2ccnc(C(C)C)n2)c1. The average Bonchev–Trinajstić information content (AvgIpc) is 2.80. The summed E-state index contributed by atoms with van der Waals surface area (Å²) in [4.78, 5) is 15.6. The van der Waals surface area contributed by atoms with Gasteiger partial charge in [-0.15, -0.1) is 0 Å². The fourth-order valence-electron chi connectivity index (χ4n) is 3.37. The van der Waals surface area contributed by atoms with Crippen LogP contribution in [0.5, 0.6) is 0 Å². The molecule has 3 heterocycles. The van der Waals surface area contributed by atoms with Crippen LogP contribution in [0, 0.1) is 5.82 Å². The number of anilines is 1. The van der Waals surface area contributed by atoms with Crippen LogP contribution in [0.2, 0.25) is 0 Å². The number of hydrogen-bond acceptors (Lipinski definition) is 5. The molecule has 0 unspecified atom stereocenters. The fourth-order valence-corrected chi connectivity index (χ4v) is 3.59. The zero-order valence-corrected chi connectivity index (χ0v) is 19.0. The second kappa shape index (κ2) is 9.49. The highest BCUT2D eigenvalue weighted by Gasteiger charge is 2.20. The van der Waals surface area contributed by atoms with Crippen LogP contribution in [0.25, 0.3) is 11.4 Å². The number of nitrogens with zero attached hydrogens (tertiary/aromatic N) is 4. The first-order chi connectivity index (χ1) is 15.4. The van der Waals surface area contributed by atoms with Crippen LogP contribution in [-0.2, 0) is 11.3 Å². The van der Waals surface area contributed by atoms with Gasteiger partial charge in [0.15, 0.2) is 0 Å². The molecule has 32 heavy (non-hydrogen) atoms. The van der Waals surface area contributed by atoms with Crippen LogP contribution in [-0.4, -0.2) is 21.5 Å². The highest BCUT2D eigenvalue weighted by atomic mass is 35.5. The number of allylic oxidation sites excluding steroid dienone is 2. The minimum Gasteiger partial charge on any atom is -0.488 e. The molecule has 0 atom stereocenters. The van der Waals surface area contributed by atoms with E-state index < -0.39 is 0 Å². The van der Waals surface area contributed by atoms with Gasteiger partial charge in [0.2, 0.25) is 0 Å². The van der Waals surface area contributed by atoms with E-state index in [1.165, 1.54) is 12.1 Å². The minimum absolute atomic E-state index is 0.239. The summed E-state index contributed by atoms with van der Waals surface area (Å²) >= 11 is 6.57. The fraction of sp³-hybridized carbons (Fsp3) is 0.240. The first kappa shape index (κ1) is 22.0. The molecule has 1 aliphatic heterocycles. The Morgan fingerprint density at radius 3 is 2.56 bits per heavy atom. The molecule has 0 spiro atoms. The third-order valence-corrected chi connectivity index (χ3v) is 5.45. The van der Waals surface area contributed by atoms with Gasteiger partial charge in [-0.2, -0.15) is 0 Å². The van der Waals surface area contributed by atoms with Crippen LogP contribution < -0.4 is 4.90 Å². The van der Waals surface area contributed by atoms with E-state index in [9.17, 15) is 4.39 Å². The van der Waals surface area contributed by atoms with Crippen molar-refractivity contribution in [2.24, 2.45) is 0 Å². The molecule has 4 rings (SSSR count). The maximum atomic E-state index is 13.1. The Balaban J connectivity index is 1.52. The molecule has 1 aromatic carbocycles. The molecule has 0 bridgehead atoms. The molecule has 0 aliphatic carbocycles. The lowest BCUT2D eigenvalue weighted by molar-refractivity contribution is 0.208. The largest absolute Gasteiger partial charge is 0.488 e. The summed E-state index contributed by atoms with van der Waals surface area (Å²) in [6.07, 6.45) is 5.45. The van der Waals surface area contributed by atoms with Gasteiger partial charge in [-0.3, -0.25) is 4.98 Å². The molecule has 164 valence electrons. The molecule has 0 fully saturated rings. The van der Waals surface area contributed by atoms with Crippen LogP contribution in [0.1, 0.15) is 38.1 Å². The summed E-state index contributed by atoms with van der Waals surface area (Å²) in [5.74, 6) is 1.38. The van der Waals surface area contributed by atoms with Crippen molar-refractivity contribution in [3.8, 4) is 11.4 Å². The summed E-state index contributed by atoms with van der Waals surface area (Å²) in [5, 5.41) is 0.597. The van der Waals surface area contributed by atoms with Crippen molar-refractivity contribution in [1.29, 1.82) is 0 Å². The van der Waals surface area contributed by atoms with E-state index in [0.717, 1.165) is 34.2 Å². The summed E-state index contributed by atoms with van der Waals surface area (Å²) in [5.41, 5.74) is 4.39. The molecule has 0 saturated carbocycles. The Labute approximate surface area is 192 Å². The van der Waals surface area contributed by atoms with Gasteiger partial charge >= 0.3 is 0 Å². The van der Waals surface area contributed by atoms with E-state index in [2.05, 4.69) is 33.7 Å². The molecule has 0 radical (unpaired) electrons. The van der Waals surface area contributed by atoms with Crippen molar-refractivity contribution in [2.45, 2.75) is 33.3 Å². The smallest absolute Gasteiger partial charge is 0.137 e. The van der Waals surface area contributed by atoms with Crippen molar-refractivity contribution >= 4 is 17.3 Å². The maximum Gasteiger partial charge on any atom is 0.137 e. The molecule has 0 N–H and O–H groups in total. The summed E-state index contributed by atoms with van der Waals surface area (Å²) in [6, 6.07) is 12.0. The number of rotatable bonds is 6. The monoisotopic (exact) mass is 450 g/mol. The maximum absolute atomic E-state index is 13.1. The van der Waals surface area contributed by atoms with Crippen LogP contribution in [0.15, 0.2) is 77.4 Å². The number of pyridine rings is 1. The second-order valence-corrected chi connectivity index (χ2v) is 8.37. The summed E-state index contributed by atoms with van der Waals surface area (Å²) in [6.45, 7) is 6.93. The highest BCUT2D eigenvalue weighted by Crippen LogP contribution is 2.31. The summed E-state index contributed by atoms with van der Waals surface area (Å²) < 4.78 is 19.0. The van der Waals surface area contributed by atoms with E-state index in [-0.39, 0.29) is 11.7 Å². The molecular weight excluding hydrogens is 427 g/mol. The Morgan fingerprint density at radius 2 is 1.81 bits per heavy atom. The van der Waals surface area contributed by atoms with Crippen molar-refractivity contribution in [1.82, 2.24) is 15.0 Å². The van der Waals surface area contributed by atoms with E-state index in [1.54, 1.807) is 24.5 Å². The van der Waals surface area contributed by atoms with Gasteiger partial charge in [-0.05, 0) is 42.8 Å². The van der Waals surface area contributed by atoms with Gasteiger partial charge < -0.3 is 9.64 Å². The van der Waals surface area contributed by atoms with Gasteiger partial charge in [0.1, 0.15) is 24.0 Å². The molecule has 2 aromatic heterocycles. The Hall–Kier alpha value is -3.25. The Kier molecular flexibility index (Phi) is 6.51. The molecule has 1 aliphatic rings. The molecule has 0 amide bonds. The Bertz CT molecular complexity index is 1170. The van der Waals surface area contributed by atoms with E-state index in [0.29, 0.717) is 23.9 Å². The third kappa shape index (κ3) is 4.97. The van der Waals surface area contributed by atoms with Crippen LogP contribution in [0.4, 0.5) is 10.1 Å². The van der Waals surface area contributed by atoms with Gasteiger partial charge in [0.25, 0.3) is 0 Å². The van der Waals surface area contributed by atoms with Crippen molar-refractivity contribution < 1.29 is 9.13 Å². The molecular formula is C25H24ClFN4O. The van der Waals surface area contributed by atoms with E-state index in [1.807, 2.05) is 31.2 Å². The Morgan fingerprint density at radius 1 is 1.06 bits per heavy atom. The number of aromatic nitrogens is 3. The van der Waals surface area contributed by atoms with E-state index >= 15 is 0 Å². The van der Waals surface area contributed by atoms with Crippen molar-refractivity contribution in [3.63, 3.8) is 0 Å². The standard InChI is InChI=1S/C25H24ClFN4O/c1-16(2)25-29-11-9-22(30-25)23-13-20(8-10-28-23)31-14-21(26)24(12-17(31)3)32-15-18-4-6-19(27)7-5-18/h4-13,16H,14-15H2,1-3H3.